The van der Waals surface area contributed by atoms with E-state index in [0.29, 0.717) is 18.3 Å². The minimum Gasteiger partial charge on any atom is -0.385 e. The number of piperidine rings is 1. The molecule has 0 radical (unpaired) electrons. The van der Waals surface area contributed by atoms with E-state index >= 15 is 0 Å². The minimum absolute atomic E-state index is 0.207. The lowest BCUT2D eigenvalue weighted by Gasteiger charge is -2.27. The molecule has 0 aromatic carbocycles. The van der Waals surface area contributed by atoms with Crippen LogP contribution < -0.4 is 10.6 Å². The predicted molar refractivity (Wildman–Crippen MR) is 73.5 cm³/mol. The minimum atomic E-state index is 0.207. The van der Waals surface area contributed by atoms with Gasteiger partial charge in [0.1, 0.15) is 0 Å². The molecule has 0 aromatic heterocycles. The van der Waals surface area contributed by atoms with Crippen LogP contribution in [-0.4, -0.2) is 39.3 Å². The van der Waals surface area contributed by atoms with Crippen LogP contribution in [0.4, 0.5) is 0 Å². The summed E-state index contributed by atoms with van der Waals surface area (Å²) >= 11 is 0. The van der Waals surface area contributed by atoms with Gasteiger partial charge in [-0.2, -0.15) is 0 Å². The number of ether oxygens (including phenoxy) is 1. The van der Waals surface area contributed by atoms with Gasteiger partial charge in [-0.15, -0.1) is 0 Å². The summed E-state index contributed by atoms with van der Waals surface area (Å²) in [5.41, 5.74) is 0. The highest BCUT2D eigenvalue weighted by Crippen LogP contribution is 2.23. The Kier molecular flexibility index (Phi) is 8.01. The second-order valence-electron chi connectivity index (χ2n) is 5.32. The number of methoxy groups -OCH3 is 1. The third-order valence-electron chi connectivity index (χ3n) is 3.79. The number of carbonyl (C=O) groups is 1. The van der Waals surface area contributed by atoms with Gasteiger partial charge in [0.25, 0.3) is 0 Å². The Bertz CT molecular complexity index is 228. The van der Waals surface area contributed by atoms with Gasteiger partial charge in [0, 0.05) is 26.7 Å². The van der Waals surface area contributed by atoms with E-state index in [1.54, 1.807) is 7.11 Å². The number of hydrogen-bond donors (Lipinski definition) is 2. The van der Waals surface area contributed by atoms with E-state index in [1.165, 1.54) is 12.8 Å². The molecule has 1 fully saturated rings. The Morgan fingerprint density at radius 2 is 2.11 bits per heavy atom. The molecule has 106 valence electrons. The summed E-state index contributed by atoms with van der Waals surface area (Å²) in [6.07, 6.45) is 5.11. The van der Waals surface area contributed by atoms with Crippen LogP contribution in [0.5, 0.6) is 0 Å². The molecule has 1 rings (SSSR count). The predicted octanol–water partition coefficient (Wildman–Crippen LogP) is 1.55. The summed E-state index contributed by atoms with van der Waals surface area (Å²) in [5.74, 6) is 1.43. The van der Waals surface area contributed by atoms with E-state index in [1.807, 2.05) is 0 Å². The number of carbonyl (C=O) groups excluding carboxylic acids is 1. The van der Waals surface area contributed by atoms with E-state index in [9.17, 15) is 4.79 Å². The van der Waals surface area contributed by atoms with Gasteiger partial charge in [-0.3, -0.25) is 4.79 Å². The Hall–Kier alpha value is -0.610. The molecule has 1 saturated heterocycles. The molecule has 4 nitrogen and oxygen atoms in total. The van der Waals surface area contributed by atoms with Crippen molar-refractivity contribution < 1.29 is 9.53 Å². The van der Waals surface area contributed by atoms with Crippen molar-refractivity contribution in [1.29, 1.82) is 0 Å². The number of amides is 1. The van der Waals surface area contributed by atoms with E-state index in [4.69, 9.17) is 4.74 Å². The largest absolute Gasteiger partial charge is 0.385 e. The van der Waals surface area contributed by atoms with Crippen LogP contribution in [0.15, 0.2) is 0 Å². The zero-order valence-corrected chi connectivity index (χ0v) is 11.8. The van der Waals surface area contributed by atoms with E-state index < -0.39 is 0 Å². The van der Waals surface area contributed by atoms with Gasteiger partial charge in [-0.05, 0) is 50.6 Å². The van der Waals surface area contributed by atoms with Crippen molar-refractivity contribution >= 4 is 5.91 Å². The molecule has 1 amide bonds. The smallest absolute Gasteiger partial charge is 0.220 e. The maximum absolute atomic E-state index is 11.8. The molecule has 0 bridgehead atoms. The average Bonchev–Trinajstić information content (AvgIpc) is 2.39. The van der Waals surface area contributed by atoms with Crippen molar-refractivity contribution in [3.8, 4) is 0 Å². The lowest BCUT2D eigenvalue weighted by Crippen LogP contribution is -2.33. The summed E-state index contributed by atoms with van der Waals surface area (Å²) in [6.45, 7) is 5.98. The fourth-order valence-corrected chi connectivity index (χ4v) is 2.54. The molecule has 0 spiro atoms. The van der Waals surface area contributed by atoms with Gasteiger partial charge >= 0.3 is 0 Å². The molecule has 18 heavy (non-hydrogen) atoms. The zero-order chi connectivity index (χ0) is 13.2. The molecule has 4 heteroatoms. The standard InChI is InChI=1S/C14H28N2O2/c1-12(13-5-8-15-9-6-13)11-14(17)16-7-3-4-10-18-2/h12-13,15H,3-11H2,1-2H3,(H,16,17). The third-order valence-corrected chi connectivity index (χ3v) is 3.79. The SMILES string of the molecule is COCCCCNC(=O)CC(C)C1CCNCC1. The summed E-state index contributed by atoms with van der Waals surface area (Å²) in [4.78, 5) is 11.8. The number of nitrogens with one attached hydrogen (secondary N) is 2. The summed E-state index contributed by atoms with van der Waals surface area (Å²) < 4.78 is 4.97. The Balaban J connectivity index is 2.07. The fourth-order valence-electron chi connectivity index (χ4n) is 2.54. The van der Waals surface area contributed by atoms with Gasteiger partial charge in [0.05, 0.1) is 0 Å². The van der Waals surface area contributed by atoms with E-state index in [-0.39, 0.29) is 5.91 Å². The molecule has 1 unspecified atom stereocenters. The van der Waals surface area contributed by atoms with Crippen LogP contribution in [0.3, 0.4) is 0 Å². The second-order valence-corrected chi connectivity index (χ2v) is 5.32. The van der Waals surface area contributed by atoms with Crippen molar-refractivity contribution in [2.45, 2.75) is 39.0 Å². The molecule has 1 aliphatic heterocycles. The van der Waals surface area contributed by atoms with E-state index in [0.717, 1.165) is 39.1 Å². The van der Waals surface area contributed by atoms with Crippen LogP contribution in [0.1, 0.15) is 39.0 Å². The maximum atomic E-state index is 11.8. The van der Waals surface area contributed by atoms with Gasteiger partial charge < -0.3 is 15.4 Å². The number of hydrogen-bond acceptors (Lipinski definition) is 3. The first kappa shape index (κ1) is 15.4. The fraction of sp³-hybridized carbons (Fsp3) is 0.929. The molecule has 2 N–H and O–H groups in total. The van der Waals surface area contributed by atoms with Crippen LogP contribution in [0, 0.1) is 11.8 Å². The molecule has 1 atom stereocenters. The third kappa shape index (κ3) is 6.36. The molecule has 0 saturated carbocycles. The van der Waals surface area contributed by atoms with Gasteiger partial charge in [0.2, 0.25) is 5.91 Å². The highest BCUT2D eigenvalue weighted by Gasteiger charge is 2.21. The molecule has 0 aromatic rings. The van der Waals surface area contributed by atoms with Crippen molar-refractivity contribution in [3.05, 3.63) is 0 Å². The quantitative estimate of drug-likeness (QED) is 0.648. The van der Waals surface area contributed by atoms with Crippen molar-refractivity contribution in [2.75, 3.05) is 33.4 Å². The van der Waals surface area contributed by atoms with Crippen LogP contribution >= 0.6 is 0 Å². The first-order chi connectivity index (χ1) is 8.74. The lowest BCUT2D eigenvalue weighted by atomic mass is 9.84. The molecule has 1 aliphatic rings. The van der Waals surface area contributed by atoms with Crippen molar-refractivity contribution in [3.63, 3.8) is 0 Å². The van der Waals surface area contributed by atoms with Gasteiger partial charge in [-0.25, -0.2) is 0 Å². The second kappa shape index (κ2) is 9.34. The van der Waals surface area contributed by atoms with Crippen molar-refractivity contribution in [2.24, 2.45) is 11.8 Å². The topological polar surface area (TPSA) is 50.4 Å². The van der Waals surface area contributed by atoms with E-state index in [2.05, 4.69) is 17.6 Å². The molecular formula is C14H28N2O2. The zero-order valence-electron chi connectivity index (χ0n) is 11.8. The van der Waals surface area contributed by atoms with Crippen molar-refractivity contribution in [1.82, 2.24) is 10.6 Å². The number of unbranched alkanes of at least 4 members (excludes halogenated alkanes) is 1. The monoisotopic (exact) mass is 256 g/mol. The summed E-state index contributed by atoms with van der Waals surface area (Å²) in [6, 6.07) is 0. The van der Waals surface area contributed by atoms with Gasteiger partial charge in [0.15, 0.2) is 0 Å². The average molecular weight is 256 g/mol. The summed E-state index contributed by atoms with van der Waals surface area (Å²) in [5, 5.41) is 6.37. The normalized spacial score (nSPS) is 18.6. The maximum Gasteiger partial charge on any atom is 0.220 e. The number of rotatable bonds is 8. The Morgan fingerprint density at radius 3 is 2.78 bits per heavy atom. The molecular weight excluding hydrogens is 228 g/mol. The molecule has 0 aliphatic carbocycles. The Labute approximate surface area is 111 Å². The van der Waals surface area contributed by atoms with Crippen LogP contribution in [-0.2, 0) is 9.53 Å². The lowest BCUT2D eigenvalue weighted by molar-refractivity contribution is -0.122. The first-order valence-corrected chi connectivity index (χ1v) is 7.20. The van der Waals surface area contributed by atoms with Gasteiger partial charge in [-0.1, -0.05) is 6.92 Å². The highest BCUT2D eigenvalue weighted by molar-refractivity contribution is 5.76. The highest BCUT2D eigenvalue weighted by atomic mass is 16.5. The Morgan fingerprint density at radius 1 is 1.39 bits per heavy atom. The first-order valence-electron chi connectivity index (χ1n) is 7.20. The van der Waals surface area contributed by atoms with Crippen LogP contribution in [0.2, 0.25) is 0 Å². The van der Waals surface area contributed by atoms with Crippen LogP contribution in [0.25, 0.3) is 0 Å². The summed E-state index contributed by atoms with van der Waals surface area (Å²) in [7, 11) is 1.71. The molecule has 1 heterocycles.